The molecule has 0 fully saturated rings. The Labute approximate surface area is 76.7 Å². The molecule has 0 radical (unpaired) electrons. The molecule has 1 heterocycles. The normalized spacial score (nSPS) is 15.0. The van der Waals surface area contributed by atoms with E-state index < -0.39 is 11.5 Å². The van der Waals surface area contributed by atoms with Crippen LogP contribution in [0.25, 0.3) is 0 Å². The van der Waals surface area contributed by atoms with Crippen molar-refractivity contribution in [2.75, 3.05) is 7.11 Å². The van der Waals surface area contributed by atoms with Crippen molar-refractivity contribution in [1.82, 2.24) is 0 Å². The molecular formula is C9H13NO3. The summed E-state index contributed by atoms with van der Waals surface area (Å²) >= 11 is 0. The highest BCUT2D eigenvalue weighted by Crippen LogP contribution is 2.12. The van der Waals surface area contributed by atoms with Crippen molar-refractivity contribution in [2.45, 2.75) is 18.9 Å². The summed E-state index contributed by atoms with van der Waals surface area (Å²) in [5.74, 6) is 0.235. The van der Waals surface area contributed by atoms with Gasteiger partial charge in [-0.15, -0.1) is 0 Å². The first-order valence-corrected chi connectivity index (χ1v) is 3.96. The minimum absolute atomic E-state index is 0.340. The summed E-state index contributed by atoms with van der Waals surface area (Å²) in [6, 6.07) is 3.52. The molecule has 0 bridgehead atoms. The molecule has 0 aliphatic heterocycles. The number of rotatable bonds is 3. The maximum atomic E-state index is 11.2. The minimum atomic E-state index is -1.02. The lowest BCUT2D eigenvalue weighted by Crippen LogP contribution is -2.47. The highest BCUT2D eigenvalue weighted by atomic mass is 16.5. The highest BCUT2D eigenvalue weighted by Gasteiger charge is 2.30. The summed E-state index contributed by atoms with van der Waals surface area (Å²) in [5, 5.41) is 0. The second-order valence-electron chi connectivity index (χ2n) is 3.17. The van der Waals surface area contributed by atoms with Gasteiger partial charge < -0.3 is 14.9 Å². The molecule has 2 N–H and O–H groups in total. The Morgan fingerprint density at radius 3 is 2.92 bits per heavy atom. The Morgan fingerprint density at radius 2 is 2.46 bits per heavy atom. The van der Waals surface area contributed by atoms with E-state index in [1.807, 2.05) is 0 Å². The number of ether oxygens (including phenoxy) is 1. The molecule has 1 aromatic heterocycles. The summed E-state index contributed by atoms with van der Waals surface area (Å²) in [6.07, 6.45) is 1.88. The van der Waals surface area contributed by atoms with Crippen molar-refractivity contribution >= 4 is 5.97 Å². The summed E-state index contributed by atoms with van der Waals surface area (Å²) in [5.41, 5.74) is 4.71. The van der Waals surface area contributed by atoms with Crippen molar-refractivity contribution in [3.63, 3.8) is 0 Å². The first-order chi connectivity index (χ1) is 6.06. The second-order valence-corrected chi connectivity index (χ2v) is 3.17. The molecule has 4 nitrogen and oxygen atoms in total. The zero-order chi connectivity index (χ0) is 9.90. The molecule has 0 aliphatic carbocycles. The Balaban J connectivity index is 2.67. The van der Waals surface area contributed by atoms with E-state index in [-0.39, 0.29) is 0 Å². The lowest BCUT2D eigenvalue weighted by molar-refractivity contribution is -0.146. The maximum Gasteiger partial charge on any atom is 0.326 e. The first-order valence-electron chi connectivity index (χ1n) is 3.96. The van der Waals surface area contributed by atoms with Gasteiger partial charge in [0.2, 0.25) is 0 Å². The van der Waals surface area contributed by atoms with Gasteiger partial charge in [-0.1, -0.05) is 0 Å². The summed E-state index contributed by atoms with van der Waals surface area (Å²) in [6.45, 7) is 1.61. The molecule has 0 saturated carbocycles. The van der Waals surface area contributed by atoms with Gasteiger partial charge in [0, 0.05) is 6.42 Å². The molecule has 0 aromatic carbocycles. The number of nitrogens with two attached hydrogens (primary N) is 1. The molecule has 0 saturated heterocycles. The van der Waals surface area contributed by atoms with E-state index in [4.69, 9.17) is 10.2 Å². The smallest absolute Gasteiger partial charge is 0.326 e. The largest absolute Gasteiger partial charge is 0.469 e. The van der Waals surface area contributed by atoms with E-state index in [1.165, 1.54) is 7.11 Å². The van der Waals surface area contributed by atoms with Crippen LogP contribution in [-0.2, 0) is 16.0 Å². The Bertz CT molecular complexity index is 277. The third-order valence-corrected chi connectivity index (χ3v) is 1.77. The predicted molar refractivity (Wildman–Crippen MR) is 47.0 cm³/mol. The predicted octanol–water partition coefficient (Wildman–Crippen LogP) is 0.712. The van der Waals surface area contributed by atoms with E-state index in [0.717, 1.165) is 0 Å². The van der Waals surface area contributed by atoms with Crippen LogP contribution in [0, 0.1) is 0 Å². The Kier molecular flexibility index (Phi) is 2.72. The van der Waals surface area contributed by atoms with Crippen molar-refractivity contribution < 1.29 is 13.9 Å². The van der Waals surface area contributed by atoms with Crippen LogP contribution >= 0.6 is 0 Å². The molecule has 4 heteroatoms. The third kappa shape index (κ3) is 2.32. The van der Waals surface area contributed by atoms with Crippen LogP contribution in [0.2, 0.25) is 0 Å². The van der Waals surface area contributed by atoms with Crippen molar-refractivity contribution in [3.8, 4) is 0 Å². The molecule has 1 aromatic rings. The van der Waals surface area contributed by atoms with E-state index in [0.29, 0.717) is 12.2 Å². The van der Waals surface area contributed by atoms with Crippen LogP contribution in [0.1, 0.15) is 12.7 Å². The Morgan fingerprint density at radius 1 is 1.77 bits per heavy atom. The van der Waals surface area contributed by atoms with Crippen LogP contribution in [0.5, 0.6) is 0 Å². The molecule has 0 amide bonds. The zero-order valence-electron chi connectivity index (χ0n) is 7.74. The third-order valence-electron chi connectivity index (χ3n) is 1.77. The van der Waals surface area contributed by atoms with E-state index >= 15 is 0 Å². The molecule has 1 rings (SSSR count). The van der Waals surface area contributed by atoms with Gasteiger partial charge in [0.05, 0.1) is 13.4 Å². The van der Waals surface area contributed by atoms with Gasteiger partial charge in [-0.2, -0.15) is 0 Å². The van der Waals surface area contributed by atoms with Gasteiger partial charge in [0.1, 0.15) is 11.3 Å². The lowest BCUT2D eigenvalue weighted by Gasteiger charge is -2.19. The second kappa shape index (κ2) is 3.62. The van der Waals surface area contributed by atoms with E-state index in [2.05, 4.69) is 4.74 Å². The number of furan rings is 1. The molecule has 72 valence electrons. The van der Waals surface area contributed by atoms with Crippen molar-refractivity contribution in [1.29, 1.82) is 0 Å². The number of hydrogen-bond donors (Lipinski definition) is 1. The van der Waals surface area contributed by atoms with Crippen molar-refractivity contribution in [3.05, 3.63) is 24.2 Å². The number of carbonyl (C=O) groups is 1. The van der Waals surface area contributed by atoms with Crippen LogP contribution in [0.3, 0.4) is 0 Å². The van der Waals surface area contributed by atoms with Crippen molar-refractivity contribution in [2.24, 2.45) is 5.73 Å². The van der Waals surface area contributed by atoms with Gasteiger partial charge in [-0.25, -0.2) is 0 Å². The summed E-state index contributed by atoms with van der Waals surface area (Å²) < 4.78 is 9.63. The molecule has 13 heavy (non-hydrogen) atoms. The lowest BCUT2D eigenvalue weighted by atomic mass is 9.98. The van der Waals surface area contributed by atoms with Crippen LogP contribution in [0.15, 0.2) is 22.8 Å². The molecular weight excluding hydrogens is 170 g/mol. The molecule has 1 unspecified atom stereocenters. The van der Waals surface area contributed by atoms with Gasteiger partial charge in [-0.05, 0) is 19.1 Å². The van der Waals surface area contributed by atoms with Gasteiger partial charge in [0.25, 0.3) is 0 Å². The first kappa shape index (κ1) is 9.80. The average molecular weight is 183 g/mol. The summed E-state index contributed by atoms with van der Waals surface area (Å²) in [4.78, 5) is 11.2. The Hall–Kier alpha value is -1.29. The monoisotopic (exact) mass is 183 g/mol. The van der Waals surface area contributed by atoms with Gasteiger partial charge in [-0.3, -0.25) is 4.79 Å². The number of carbonyl (C=O) groups excluding carboxylic acids is 1. The van der Waals surface area contributed by atoms with Crippen LogP contribution in [0.4, 0.5) is 0 Å². The highest BCUT2D eigenvalue weighted by molar-refractivity contribution is 5.80. The van der Waals surface area contributed by atoms with E-state index in [9.17, 15) is 4.79 Å². The quantitative estimate of drug-likeness (QED) is 0.701. The van der Waals surface area contributed by atoms with Crippen LogP contribution in [-0.4, -0.2) is 18.6 Å². The minimum Gasteiger partial charge on any atom is -0.469 e. The molecule has 0 aliphatic rings. The van der Waals surface area contributed by atoms with E-state index in [1.54, 1.807) is 25.3 Å². The fourth-order valence-corrected chi connectivity index (χ4v) is 1.08. The standard InChI is InChI=1S/C9H13NO3/c1-9(10,8(11)12-2)6-7-4-3-5-13-7/h3-5H,6,10H2,1-2H3. The number of hydrogen-bond acceptors (Lipinski definition) is 4. The average Bonchev–Trinajstić information content (AvgIpc) is 2.54. The van der Waals surface area contributed by atoms with Gasteiger partial charge in [0.15, 0.2) is 0 Å². The number of methoxy groups -OCH3 is 1. The van der Waals surface area contributed by atoms with Crippen LogP contribution < -0.4 is 5.73 Å². The SMILES string of the molecule is COC(=O)C(C)(N)Cc1ccco1. The fourth-order valence-electron chi connectivity index (χ4n) is 1.08. The topological polar surface area (TPSA) is 65.5 Å². The van der Waals surface area contributed by atoms with Gasteiger partial charge >= 0.3 is 5.97 Å². The number of esters is 1. The molecule has 1 atom stereocenters. The molecule has 0 spiro atoms. The zero-order valence-corrected chi connectivity index (χ0v) is 7.74. The maximum absolute atomic E-state index is 11.2. The summed E-state index contributed by atoms with van der Waals surface area (Å²) in [7, 11) is 1.32. The fraction of sp³-hybridized carbons (Fsp3) is 0.444.